The van der Waals surface area contributed by atoms with Crippen molar-refractivity contribution in [1.29, 1.82) is 0 Å². The lowest BCUT2D eigenvalue weighted by Gasteiger charge is -2.35. The van der Waals surface area contributed by atoms with Crippen molar-refractivity contribution in [1.82, 2.24) is 24.3 Å². The summed E-state index contributed by atoms with van der Waals surface area (Å²) in [6, 6.07) is 6.53. The number of aromatic nitrogens is 3. The van der Waals surface area contributed by atoms with Crippen LogP contribution in [0.2, 0.25) is 0 Å². The number of rotatable bonds is 29. The number of ether oxygens (including phenoxy) is 1. The van der Waals surface area contributed by atoms with E-state index in [2.05, 4.69) is 62.0 Å². The minimum absolute atomic E-state index is 0.0501. The van der Waals surface area contributed by atoms with Crippen molar-refractivity contribution in [3.63, 3.8) is 0 Å². The van der Waals surface area contributed by atoms with Crippen LogP contribution in [0.25, 0.3) is 11.0 Å². The highest BCUT2D eigenvalue weighted by Gasteiger charge is 2.22. The number of piperazine rings is 1. The number of anilines is 2. The van der Waals surface area contributed by atoms with E-state index in [-0.39, 0.29) is 55.2 Å². The maximum atomic E-state index is 12.9. The zero-order valence-electron chi connectivity index (χ0n) is 35.3. The minimum Gasteiger partial charge on any atom is -0.480 e. The van der Waals surface area contributed by atoms with Gasteiger partial charge in [-0.2, -0.15) is 28.5 Å². The summed E-state index contributed by atoms with van der Waals surface area (Å²) in [5.41, 5.74) is 23.1. The van der Waals surface area contributed by atoms with Gasteiger partial charge in [-0.3, -0.25) is 24.1 Å². The van der Waals surface area contributed by atoms with Gasteiger partial charge in [-0.1, -0.05) is 43.1 Å². The van der Waals surface area contributed by atoms with Crippen LogP contribution in [0.1, 0.15) is 62.1 Å². The number of aryl methyl sites for hydroxylation is 1. The van der Waals surface area contributed by atoms with Gasteiger partial charge in [0.2, 0.25) is 11.9 Å². The molecule has 3 aromatic rings. The number of Topliss-reactive ketones (excluding diaryl/α,β-unsaturated/α-hetero) is 1. The lowest BCUT2D eigenvalue weighted by atomic mass is 10.0. The van der Waals surface area contributed by atoms with Gasteiger partial charge in [0.25, 0.3) is 0 Å². The molecule has 0 unspecified atom stereocenters. The van der Waals surface area contributed by atoms with E-state index in [1.165, 1.54) is 40.2 Å². The normalized spacial score (nSPS) is 14.1. The number of aliphatic carboxylic acids is 2. The van der Waals surface area contributed by atoms with E-state index >= 15 is 0 Å². The van der Waals surface area contributed by atoms with Gasteiger partial charge in [0.05, 0.1) is 24.3 Å². The SMILES string of the molecule is CCCCCNc1nc(N)nc2ccn(Cc3ccc(CN4CCN(C(=O)CCOCCCC(=O)CON=C(CSC[C@H](N)C(=O)O)CSC[C@H](N)C(=O)O)CC4)cc3C)c12. The van der Waals surface area contributed by atoms with Crippen LogP contribution in [0.15, 0.2) is 35.6 Å². The summed E-state index contributed by atoms with van der Waals surface area (Å²) >= 11 is 2.49. The fourth-order valence-corrected chi connectivity index (χ4v) is 8.43. The van der Waals surface area contributed by atoms with Crippen molar-refractivity contribution in [3.8, 4) is 0 Å². The fourth-order valence-electron chi connectivity index (χ4n) is 6.50. The van der Waals surface area contributed by atoms with Crippen molar-refractivity contribution in [2.45, 2.75) is 77.5 Å². The molecule has 0 radical (unpaired) electrons. The largest absolute Gasteiger partial charge is 0.480 e. The predicted octanol–water partition coefficient (Wildman–Crippen LogP) is 3.04. The molecule has 1 amide bonds. The number of nitrogens with two attached hydrogens (primary N) is 3. The maximum absolute atomic E-state index is 12.9. The summed E-state index contributed by atoms with van der Waals surface area (Å²) in [4.78, 5) is 65.7. The van der Waals surface area contributed by atoms with Gasteiger partial charge < -0.3 is 51.8 Å². The van der Waals surface area contributed by atoms with Gasteiger partial charge in [-0.25, -0.2) is 4.98 Å². The average Bonchev–Trinajstić information content (AvgIpc) is 3.63. The van der Waals surface area contributed by atoms with Crippen LogP contribution in [0, 0.1) is 6.92 Å². The Morgan fingerprint density at radius 1 is 0.918 bits per heavy atom. The third-order valence-electron chi connectivity index (χ3n) is 9.97. The summed E-state index contributed by atoms with van der Waals surface area (Å²) in [5, 5.41) is 25.5. The number of nitrogens with one attached hydrogen (secondary N) is 1. The van der Waals surface area contributed by atoms with Gasteiger partial charge >= 0.3 is 11.9 Å². The molecule has 2 atom stereocenters. The molecule has 1 aliphatic heterocycles. The summed E-state index contributed by atoms with van der Waals surface area (Å²) in [7, 11) is 0. The third-order valence-corrected chi connectivity index (χ3v) is 12.2. The van der Waals surface area contributed by atoms with E-state index in [9.17, 15) is 19.2 Å². The molecule has 3 heterocycles. The van der Waals surface area contributed by atoms with Crippen molar-refractivity contribution < 1.29 is 39.0 Å². The lowest BCUT2D eigenvalue weighted by molar-refractivity contribution is -0.138. The number of unbranched alkanes of at least 4 members (excludes halogenated alkanes) is 2. The lowest BCUT2D eigenvalue weighted by Crippen LogP contribution is -2.48. The molecule has 0 spiro atoms. The van der Waals surface area contributed by atoms with E-state index in [4.69, 9.17) is 37.0 Å². The van der Waals surface area contributed by atoms with Gasteiger partial charge in [0.1, 0.15) is 17.6 Å². The van der Waals surface area contributed by atoms with Crippen LogP contribution in [0.4, 0.5) is 11.8 Å². The second-order valence-electron chi connectivity index (χ2n) is 15.0. The van der Waals surface area contributed by atoms with Crippen LogP contribution in [0.5, 0.6) is 0 Å². The third kappa shape index (κ3) is 17.1. The number of carboxylic acids is 2. The summed E-state index contributed by atoms with van der Waals surface area (Å²) in [6.45, 7) is 9.86. The highest BCUT2D eigenvalue weighted by atomic mass is 32.2. The van der Waals surface area contributed by atoms with Crippen LogP contribution >= 0.6 is 23.5 Å². The Bertz CT molecular complexity index is 1900. The summed E-state index contributed by atoms with van der Waals surface area (Å²) < 4.78 is 7.83. The fraction of sp³-hybridized carbons (Fsp3) is 0.585. The van der Waals surface area contributed by atoms with Crippen LogP contribution in [-0.2, 0) is 41.8 Å². The number of carbonyl (C=O) groups excluding carboxylic acids is 2. The number of carboxylic acid groups (broad SMARTS) is 2. The monoisotopic (exact) mass is 886 g/mol. The Morgan fingerprint density at radius 3 is 2.28 bits per heavy atom. The predicted molar refractivity (Wildman–Crippen MR) is 241 cm³/mol. The molecule has 1 fully saturated rings. The first-order chi connectivity index (χ1) is 29.3. The van der Waals surface area contributed by atoms with Gasteiger partial charge in [0, 0.05) is 88.0 Å². The quantitative estimate of drug-likeness (QED) is 0.0332. The van der Waals surface area contributed by atoms with Crippen molar-refractivity contribution in [2.24, 2.45) is 16.6 Å². The van der Waals surface area contributed by atoms with Gasteiger partial charge in [-0.15, -0.1) is 0 Å². The molecule has 18 nitrogen and oxygen atoms in total. The van der Waals surface area contributed by atoms with Crippen molar-refractivity contribution in [2.75, 3.05) is 86.6 Å². The van der Waals surface area contributed by atoms with Crippen molar-refractivity contribution >= 4 is 75.7 Å². The summed E-state index contributed by atoms with van der Waals surface area (Å²) in [5.74, 6) is -0.460. The number of nitrogens with zero attached hydrogens (tertiary/aromatic N) is 6. The highest BCUT2D eigenvalue weighted by molar-refractivity contribution is 8.01. The first-order valence-corrected chi connectivity index (χ1v) is 23.0. The molecular weight excluding hydrogens is 825 g/mol. The van der Waals surface area contributed by atoms with E-state index in [1.54, 1.807) is 0 Å². The molecule has 0 bridgehead atoms. The van der Waals surface area contributed by atoms with E-state index < -0.39 is 24.0 Å². The Labute approximate surface area is 365 Å². The molecule has 9 N–H and O–H groups in total. The Balaban J connectivity index is 1.11. The molecule has 1 aliphatic rings. The minimum atomic E-state index is -1.12. The van der Waals surface area contributed by atoms with Crippen LogP contribution in [0.3, 0.4) is 0 Å². The molecular formula is C41H62N10O8S2. The topological polar surface area (TPSA) is 267 Å². The van der Waals surface area contributed by atoms with Gasteiger partial charge in [-0.05, 0) is 42.5 Å². The first-order valence-electron chi connectivity index (χ1n) is 20.7. The number of hydrogen-bond donors (Lipinski definition) is 6. The molecule has 2 aromatic heterocycles. The van der Waals surface area contributed by atoms with Crippen LogP contribution < -0.4 is 22.5 Å². The number of hydrogen-bond acceptors (Lipinski definition) is 16. The Kier molecular flexibility index (Phi) is 21.1. The van der Waals surface area contributed by atoms with E-state index in [0.29, 0.717) is 49.9 Å². The molecule has 4 rings (SSSR count). The number of oxime groups is 1. The van der Waals surface area contributed by atoms with Gasteiger partial charge in [0.15, 0.2) is 18.2 Å². The van der Waals surface area contributed by atoms with Crippen LogP contribution in [-0.4, -0.2) is 152 Å². The number of fused-ring (bicyclic) bond motifs is 1. The summed E-state index contributed by atoms with van der Waals surface area (Å²) in [6.07, 6.45) is 6.34. The highest BCUT2D eigenvalue weighted by Crippen LogP contribution is 2.25. The number of benzene rings is 1. The first kappa shape index (κ1) is 49.2. The standard InChI is InChI=1S/C41H62N10O8S2/c1-3-4-5-12-45-38-37-35(46-41(44)47-38)10-13-51(37)22-30-9-8-29(20-28(30)2)21-49-14-16-50(17-15-49)36(53)11-19-58-18-6-7-32(52)23-59-48-31(24-60-26-33(42)39(54)55)25-61-27-34(43)40(56)57/h8-10,13,20,33-34H,3-7,11-12,14-19,21-27,42-43H2,1-2H3,(H,54,55)(H,56,57)(H3,44,45,46,47)/t33-,34-/m0/s1. The van der Waals surface area contributed by atoms with E-state index in [1.807, 2.05) is 17.2 Å². The number of ketones is 1. The number of thioether (sulfide) groups is 2. The second-order valence-corrected chi connectivity index (χ2v) is 17.1. The smallest absolute Gasteiger partial charge is 0.321 e. The molecule has 20 heteroatoms. The molecule has 61 heavy (non-hydrogen) atoms. The molecule has 0 aliphatic carbocycles. The zero-order chi connectivity index (χ0) is 44.1. The molecule has 0 saturated carbocycles. The maximum Gasteiger partial charge on any atom is 0.321 e. The average molecular weight is 887 g/mol. The molecule has 336 valence electrons. The Morgan fingerprint density at radius 2 is 1.62 bits per heavy atom. The Hall–Kier alpha value is -4.47. The number of amides is 1. The molecule has 1 saturated heterocycles. The number of nitrogen functional groups attached to an aromatic ring is 1. The number of carbonyl (C=O) groups is 4. The molecule has 1 aromatic carbocycles. The van der Waals surface area contributed by atoms with Crippen molar-refractivity contribution in [3.05, 3.63) is 47.2 Å². The zero-order valence-corrected chi connectivity index (χ0v) is 36.9. The second kappa shape index (κ2) is 26.1. The van der Waals surface area contributed by atoms with E-state index in [0.717, 1.165) is 62.3 Å².